The van der Waals surface area contributed by atoms with E-state index in [-0.39, 0.29) is 0 Å². The van der Waals surface area contributed by atoms with Gasteiger partial charge < -0.3 is 14.0 Å². The zero-order chi connectivity index (χ0) is 19.2. The largest absolute Gasteiger partial charge is 0.494 e. The van der Waals surface area contributed by atoms with Crippen LogP contribution in [0.3, 0.4) is 0 Å². The van der Waals surface area contributed by atoms with Crippen molar-refractivity contribution in [1.82, 2.24) is 4.57 Å². The molecule has 0 bridgehead atoms. The average Bonchev–Trinajstić information content (AvgIpc) is 2.96. The number of para-hydroxylation sites is 2. The van der Waals surface area contributed by atoms with Gasteiger partial charge in [0.15, 0.2) is 0 Å². The molecule has 0 radical (unpaired) electrons. The van der Waals surface area contributed by atoms with Crippen LogP contribution < -0.4 is 9.47 Å². The summed E-state index contributed by atoms with van der Waals surface area (Å²) in [5.41, 5.74) is 5.35. The summed E-state index contributed by atoms with van der Waals surface area (Å²) >= 11 is 0. The molecular weight excluding hydrogens is 336 g/mol. The minimum absolute atomic E-state index is 0.624. The standard InChI is InChI=1S/C23H26N2O2/c1-5-26-21-13-11-20(12-14-21)25-17(3)15-19(18(25)4)16-24-22-9-7-8-10-23(22)27-6-2/h7-16H,5-6H2,1-4H3. The Morgan fingerprint density at radius 2 is 1.63 bits per heavy atom. The van der Waals surface area contributed by atoms with E-state index in [4.69, 9.17) is 9.47 Å². The Kier molecular flexibility index (Phi) is 5.97. The maximum atomic E-state index is 5.65. The van der Waals surface area contributed by atoms with Crippen molar-refractivity contribution in [2.75, 3.05) is 13.2 Å². The van der Waals surface area contributed by atoms with E-state index >= 15 is 0 Å². The molecule has 0 fully saturated rings. The van der Waals surface area contributed by atoms with Gasteiger partial charge in [-0.15, -0.1) is 0 Å². The van der Waals surface area contributed by atoms with Crippen LogP contribution in [0.4, 0.5) is 5.69 Å². The van der Waals surface area contributed by atoms with Crippen LogP contribution in [0.2, 0.25) is 0 Å². The SMILES string of the molecule is CCOc1ccc(-n2c(C)cc(C=Nc3ccccc3OCC)c2C)cc1. The fourth-order valence-electron chi connectivity index (χ4n) is 3.15. The minimum Gasteiger partial charge on any atom is -0.494 e. The molecule has 0 atom stereocenters. The Bertz CT molecular complexity index is 924. The third-order valence-corrected chi connectivity index (χ3v) is 4.38. The van der Waals surface area contributed by atoms with E-state index in [1.165, 1.54) is 0 Å². The van der Waals surface area contributed by atoms with Crippen molar-refractivity contribution in [3.63, 3.8) is 0 Å². The van der Waals surface area contributed by atoms with E-state index in [1.807, 2.05) is 56.5 Å². The topological polar surface area (TPSA) is 35.8 Å². The molecule has 4 nitrogen and oxygen atoms in total. The Morgan fingerprint density at radius 1 is 0.926 bits per heavy atom. The molecule has 3 aromatic rings. The van der Waals surface area contributed by atoms with Crippen molar-refractivity contribution >= 4 is 11.9 Å². The molecule has 4 heteroatoms. The van der Waals surface area contributed by atoms with Crippen LogP contribution in [-0.2, 0) is 0 Å². The number of ether oxygens (including phenoxy) is 2. The van der Waals surface area contributed by atoms with Crippen molar-refractivity contribution in [2.24, 2.45) is 4.99 Å². The van der Waals surface area contributed by atoms with E-state index in [0.717, 1.165) is 39.8 Å². The summed E-state index contributed by atoms with van der Waals surface area (Å²) in [6.45, 7) is 9.48. The third-order valence-electron chi connectivity index (χ3n) is 4.38. The molecule has 27 heavy (non-hydrogen) atoms. The molecule has 0 unspecified atom stereocenters. The summed E-state index contributed by atoms with van der Waals surface area (Å²) in [5.74, 6) is 1.69. The Hall–Kier alpha value is -3.01. The maximum Gasteiger partial charge on any atom is 0.144 e. The van der Waals surface area contributed by atoms with Crippen molar-refractivity contribution in [2.45, 2.75) is 27.7 Å². The van der Waals surface area contributed by atoms with Crippen molar-refractivity contribution in [1.29, 1.82) is 0 Å². The van der Waals surface area contributed by atoms with E-state index in [2.05, 4.69) is 41.6 Å². The molecule has 3 rings (SSSR count). The first-order valence-electron chi connectivity index (χ1n) is 9.32. The molecule has 0 aliphatic carbocycles. The molecule has 0 amide bonds. The highest BCUT2D eigenvalue weighted by Crippen LogP contribution is 2.27. The van der Waals surface area contributed by atoms with Crippen LogP contribution in [0.15, 0.2) is 59.6 Å². The molecule has 0 saturated carbocycles. The van der Waals surface area contributed by atoms with E-state index in [9.17, 15) is 0 Å². The second kappa shape index (κ2) is 8.58. The molecule has 0 aliphatic rings. The molecule has 0 spiro atoms. The lowest BCUT2D eigenvalue weighted by Gasteiger charge is -2.11. The highest BCUT2D eigenvalue weighted by atomic mass is 16.5. The molecule has 0 saturated heterocycles. The zero-order valence-electron chi connectivity index (χ0n) is 16.4. The third kappa shape index (κ3) is 4.22. The summed E-state index contributed by atoms with van der Waals surface area (Å²) < 4.78 is 13.4. The quantitative estimate of drug-likeness (QED) is 0.510. The predicted molar refractivity (Wildman–Crippen MR) is 111 cm³/mol. The highest BCUT2D eigenvalue weighted by Gasteiger charge is 2.10. The number of aryl methyl sites for hydroxylation is 1. The van der Waals surface area contributed by atoms with Crippen LogP contribution >= 0.6 is 0 Å². The Morgan fingerprint density at radius 3 is 2.33 bits per heavy atom. The first kappa shape index (κ1) is 18.8. The van der Waals surface area contributed by atoms with Gasteiger partial charge in [0, 0.05) is 28.9 Å². The normalized spacial score (nSPS) is 11.1. The predicted octanol–water partition coefficient (Wildman–Crippen LogP) is 5.64. The summed E-state index contributed by atoms with van der Waals surface area (Å²) in [5, 5.41) is 0. The fourth-order valence-corrected chi connectivity index (χ4v) is 3.15. The number of hydrogen-bond acceptors (Lipinski definition) is 3. The number of aromatic nitrogens is 1. The number of rotatable bonds is 7. The first-order valence-corrected chi connectivity index (χ1v) is 9.32. The Balaban J connectivity index is 1.90. The summed E-state index contributed by atoms with van der Waals surface area (Å²) in [6, 6.07) is 18.2. The lowest BCUT2D eigenvalue weighted by molar-refractivity contribution is 0.340. The average molecular weight is 362 g/mol. The van der Waals surface area contributed by atoms with Gasteiger partial charge in [-0.25, -0.2) is 0 Å². The van der Waals surface area contributed by atoms with Crippen LogP contribution in [0.1, 0.15) is 30.8 Å². The second-order valence-electron chi connectivity index (χ2n) is 6.25. The summed E-state index contributed by atoms with van der Waals surface area (Å²) in [7, 11) is 0. The molecule has 1 aromatic heterocycles. The van der Waals surface area contributed by atoms with Gasteiger partial charge in [-0.1, -0.05) is 12.1 Å². The fraction of sp³-hybridized carbons (Fsp3) is 0.261. The van der Waals surface area contributed by atoms with Gasteiger partial charge in [0.1, 0.15) is 17.2 Å². The molecule has 2 aromatic carbocycles. The summed E-state index contributed by atoms with van der Waals surface area (Å²) in [6.07, 6.45) is 1.91. The minimum atomic E-state index is 0.624. The first-order chi connectivity index (χ1) is 13.1. The number of hydrogen-bond donors (Lipinski definition) is 0. The van der Waals surface area contributed by atoms with E-state index in [0.29, 0.717) is 13.2 Å². The molecular formula is C23H26N2O2. The molecule has 0 aliphatic heterocycles. The zero-order valence-corrected chi connectivity index (χ0v) is 16.4. The van der Waals surface area contributed by atoms with Gasteiger partial charge in [0.05, 0.1) is 13.2 Å². The number of nitrogens with zero attached hydrogens (tertiary/aromatic N) is 2. The van der Waals surface area contributed by atoms with Gasteiger partial charge in [-0.05, 0) is 70.2 Å². The molecule has 1 heterocycles. The lowest BCUT2D eigenvalue weighted by Crippen LogP contribution is -2.00. The van der Waals surface area contributed by atoms with Gasteiger partial charge in [-0.3, -0.25) is 4.99 Å². The summed E-state index contributed by atoms with van der Waals surface area (Å²) in [4.78, 5) is 4.66. The van der Waals surface area contributed by atoms with Crippen molar-refractivity contribution in [3.05, 3.63) is 71.5 Å². The van der Waals surface area contributed by atoms with Gasteiger partial charge >= 0.3 is 0 Å². The number of benzene rings is 2. The lowest BCUT2D eigenvalue weighted by atomic mass is 10.2. The van der Waals surface area contributed by atoms with Crippen LogP contribution in [0.5, 0.6) is 11.5 Å². The molecule has 0 N–H and O–H groups in total. The van der Waals surface area contributed by atoms with Crippen LogP contribution in [0, 0.1) is 13.8 Å². The second-order valence-corrected chi connectivity index (χ2v) is 6.25. The smallest absolute Gasteiger partial charge is 0.144 e. The van der Waals surface area contributed by atoms with Gasteiger partial charge in [0.2, 0.25) is 0 Å². The highest BCUT2D eigenvalue weighted by molar-refractivity contribution is 5.85. The van der Waals surface area contributed by atoms with E-state index < -0.39 is 0 Å². The van der Waals surface area contributed by atoms with Gasteiger partial charge in [0.25, 0.3) is 0 Å². The Labute approximate surface area is 161 Å². The van der Waals surface area contributed by atoms with Crippen molar-refractivity contribution < 1.29 is 9.47 Å². The van der Waals surface area contributed by atoms with Crippen LogP contribution in [-0.4, -0.2) is 24.0 Å². The van der Waals surface area contributed by atoms with Crippen molar-refractivity contribution in [3.8, 4) is 17.2 Å². The maximum absolute atomic E-state index is 5.65. The van der Waals surface area contributed by atoms with E-state index in [1.54, 1.807) is 0 Å². The molecule has 140 valence electrons. The van der Waals surface area contributed by atoms with Gasteiger partial charge in [-0.2, -0.15) is 0 Å². The number of aliphatic imine (C=N–C) groups is 1. The van der Waals surface area contributed by atoms with Crippen LogP contribution in [0.25, 0.3) is 5.69 Å². The monoisotopic (exact) mass is 362 g/mol.